The summed E-state index contributed by atoms with van der Waals surface area (Å²) in [7, 11) is 1.82. The van der Waals surface area contributed by atoms with E-state index >= 15 is 0 Å². The Kier molecular flexibility index (Phi) is 11.7. The van der Waals surface area contributed by atoms with E-state index in [9.17, 15) is 9.18 Å². The van der Waals surface area contributed by atoms with Gasteiger partial charge >= 0.3 is 0 Å². The highest BCUT2D eigenvalue weighted by Gasteiger charge is 2.19. The lowest BCUT2D eigenvalue weighted by molar-refractivity contribution is -0.122. The van der Waals surface area contributed by atoms with Crippen molar-refractivity contribution in [3.05, 3.63) is 29.6 Å². The van der Waals surface area contributed by atoms with Crippen LogP contribution < -0.4 is 15.5 Å². The van der Waals surface area contributed by atoms with Gasteiger partial charge in [0.25, 0.3) is 0 Å². The van der Waals surface area contributed by atoms with E-state index in [1.807, 2.05) is 46.9 Å². The lowest BCUT2D eigenvalue weighted by Gasteiger charge is -2.35. The van der Waals surface area contributed by atoms with Crippen molar-refractivity contribution >= 4 is 41.5 Å². The largest absolute Gasteiger partial charge is 0.367 e. The first kappa shape index (κ1) is 28.4. The van der Waals surface area contributed by atoms with Crippen molar-refractivity contribution in [2.75, 3.05) is 57.8 Å². The monoisotopic (exact) mass is 562 g/mol. The van der Waals surface area contributed by atoms with E-state index in [1.54, 1.807) is 11.0 Å². The van der Waals surface area contributed by atoms with Gasteiger partial charge in [-0.2, -0.15) is 0 Å². The van der Waals surface area contributed by atoms with E-state index in [0.717, 1.165) is 38.3 Å². The summed E-state index contributed by atoms with van der Waals surface area (Å²) in [5.74, 6) is 0.339. The summed E-state index contributed by atoms with van der Waals surface area (Å²) >= 11 is 0. The number of guanidine groups is 1. The number of halogens is 2. The number of anilines is 1. The molecule has 32 heavy (non-hydrogen) atoms. The number of amides is 1. The molecule has 1 aliphatic rings. The van der Waals surface area contributed by atoms with Gasteiger partial charge in [-0.05, 0) is 51.9 Å². The Morgan fingerprint density at radius 1 is 1.19 bits per heavy atom. The summed E-state index contributed by atoms with van der Waals surface area (Å²) in [6.45, 7) is 15.8. The maximum absolute atomic E-state index is 14.8. The first-order valence-corrected chi connectivity index (χ1v) is 11.2. The molecule has 1 heterocycles. The number of hydrogen-bond acceptors (Lipinski definition) is 4. The van der Waals surface area contributed by atoms with Crippen LogP contribution in [0.1, 0.15) is 40.2 Å². The van der Waals surface area contributed by atoms with Gasteiger partial charge in [0.2, 0.25) is 5.91 Å². The van der Waals surface area contributed by atoms with Gasteiger partial charge in [0.15, 0.2) is 5.96 Å². The van der Waals surface area contributed by atoms with Crippen LogP contribution in [-0.2, 0) is 11.3 Å². The van der Waals surface area contributed by atoms with Crippen LogP contribution in [0.5, 0.6) is 0 Å². The Morgan fingerprint density at radius 3 is 2.38 bits per heavy atom. The Morgan fingerprint density at radius 2 is 1.84 bits per heavy atom. The summed E-state index contributed by atoms with van der Waals surface area (Å²) in [5, 5.41) is 6.15. The van der Waals surface area contributed by atoms with Gasteiger partial charge in [-0.3, -0.25) is 4.79 Å². The van der Waals surface area contributed by atoms with Gasteiger partial charge in [0.05, 0.1) is 18.8 Å². The molecule has 0 aromatic heterocycles. The summed E-state index contributed by atoms with van der Waals surface area (Å²) in [6, 6.07) is 5.36. The molecule has 1 aromatic rings. The van der Waals surface area contributed by atoms with Crippen LogP contribution in [-0.4, -0.2) is 80.1 Å². The maximum atomic E-state index is 14.8. The molecule has 1 aliphatic heterocycles. The number of likely N-dealkylation sites (N-methyl/N-ethyl adjacent to an activating group) is 2. The van der Waals surface area contributed by atoms with Crippen LogP contribution in [0.4, 0.5) is 10.1 Å². The molecule has 1 fully saturated rings. The molecule has 0 spiro atoms. The van der Waals surface area contributed by atoms with Crippen molar-refractivity contribution in [3.8, 4) is 0 Å². The first-order valence-electron chi connectivity index (χ1n) is 11.2. The van der Waals surface area contributed by atoms with Gasteiger partial charge in [-0.25, -0.2) is 9.38 Å². The summed E-state index contributed by atoms with van der Waals surface area (Å²) < 4.78 is 14.8. The Bertz CT molecular complexity index is 759. The second-order valence-corrected chi connectivity index (χ2v) is 9.03. The van der Waals surface area contributed by atoms with Gasteiger partial charge < -0.3 is 25.3 Å². The van der Waals surface area contributed by atoms with E-state index < -0.39 is 0 Å². The van der Waals surface area contributed by atoms with Crippen molar-refractivity contribution in [1.82, 2.24) is 20.4 Å². The van der Waals surface area contributed by atoms with Crippen molar-refractivity contribution in [3.63, 3.8) is 0 Å². The van der Waals surface area contributed by atoms with Crippen molar-refractivity contribution in [2.45, 2.75) is 46.7 Å². The van der Waals surface area contributed by atoms with Gasteiger partial charge in [0, 0.05) is 45.3 Å². The predicted molar refractivity (Wildman–Crippen MR) is 141 cm³/mol. The van der Waals surface area contributed by atoms with Crippen LogP contribution in [0.15, 0.2) is 23.2 Å². The minimum Gasteiger partial charge on any atom is -0.367 e. The molecule has 1 amide bonds. The first-order chi connectivity index (χ1) is 14.6. The zero-order valence-electron chi connectivity index (χ0n) is 20.4. The van der Waals surface area contributed by atoms with E-state index in [0.29, 0.717) is 24.7 Å². The molecule has 1 aromatic carbocycles. The third kappa shape index (κ3) is 9.09. The van der Waals surface area contributed by atoms with Crippen LogP contribution in [0.2, 0.25) is 0 Å². The van der Waals surface area contributed by atoms with Gasteiger partial charge in [0.1, 0.15) is 5.82 Å². The molecule has 0 aliphatic carbocycles. The third-order valence-corrected chi connectivity index (χ3v) is 5.18. The summed E-state index contributed by atoms with van der Waals surface area (Å²) in [6.07, 6.45) is 0. The fourth-order valence-electron chi connectivity index (χ4n) is 3.59. The standard InChI is InChI=1S/C23H39FN6O.HI/c1-7-25-22(28(6)17-21(31)27-23(3,4)5)26-16-18-9-10-20(19(24)15-18)30-13-11-29(8-2)12-14-30;/h9-10,15H,7-8,11-14,16-17H2,1-6H3,(H,25,26)(H,27,31);1H. The van der Waals surface area contributed by atoms with Crippen LogP contribution in [0, 0.1) is 5.82 Å². The fraction of sp³-hybridized carbons (Fsp3) is 0.652. The fourth-order valence-corrected chi connectivity index (χ4v) is 3.59. The average Bonchev–Trinajstić information content (AvgIpc) is 2.69. The summed E-state index contributed by atoms with van der Waals surface area (Å²) in [5.41, 5.74) is 1.18. The molecule has 7 nitrogen and oxygen atoms in total. The Labute approximate surface area is 209 Å². The van der Waals surface area contributed by atoms with E-state index in [1.165, 1.54) is 0 Å². The number of rotatable bonds is 7. The number of carbonyl (C=O) groups is 1. The smallest absolute Gasteiger partial charge is 0.240 e. The number of aliphatic imine (C=N–C) groups is 1. The highest BCUT2D eigenvalue weighted by molar-refractivity contribution is 14.0. The molecule has 0 bridgehead atoms. The van der Waals surface area contributed by atoms with Crippen LogP contribution in [0.25, 0.3) is 0 Å². The Balaban J connectivity index is 0.00000512. The third-order valence-electron chi connectivity index (χ3n) is 5.18. The Hall–Kier alpha value is -1.62. The molecule has 9 heteroatoms. The maximum Gasteiger partial charge on any atom is 0.240 e. The normalized spacial score (nSPS) is 15.2. The molecule has 2 N–H and O–H groups in total. The number of nitrogens with one attached hydrogen (secondary N) is 2. The molecular weight excluding hydrogens is 522 g/mol. The van der Waals surface area contributed by atoms with Crippen molar-refractivity contribution < 1.29 is 9.18 Å². The SMILES string of the molecule is CCNC(=NCc1ccc(N2CCN(CC)CC2)c(F)c1)N(C)CC(=O)NC(C)(C)C.I. The topological polar surface area (TPSA) is 63.2 Å². The number of piperazine rings is 1. The second kappa shape index (κ2) is 13.2. The molecule has 0 unspecified atom stereocenters. The minimum absolute atomic E-state index is 0. The van der Waals surface area contributed by atoms with Gasteiger partial charge in [-0.1, -0.05) is 13.0 Å². The van der Waals surface area contributed by atoms with Gasteiger partial charge in [-0.15, -0.1) is 24.0 Å². The van der Waals surface area contributed by atoms with Crippen molar-refractivity contribution in [1.29, 1.82) is 0 Å². The number of nitrogens with zero attached hydrogens (tertiary/aromatic N) is 4. The highest BCUT2D eigenvalue weighted by atomic mass is 127. The molecule has 182 valence electrons. The lowest BCUT2D eigenvalue weighted by atomic mass is 10.1. The number of carbonyl (C=O) groups excluding carboxylic acids is 1. The van der Waals surface area contributed by atoms with Crippen LogP contribution >= 0.6 is 24.0 Å². The molecular formula is C23H40FIN6O. The molecule has 0 radical (unpaired) electrons. The van der Waals surface area contributed by atoms with E-state index in [-0.39, 0.29) is 47.8 Å². The highest BCUT2D eigenvalue weighted by Crippen LogP contribution is 2.22. The summed E-state index contributed by atoms with van der Waals surface area (Å²) in [4.78, 5) is 23.1. The predicted octanol–water partition coefficient (Wildman–Crippen LogP) is 2.90. The quantitative estimate of drug-likeness (QED) is 0.304. The zero-order chi connectivity index (χ0) is 23.0. The minimum atomic E-state index is -0.282. The van der Waals surface area contributed by atoms with Crippen molar-refractivity contribution in [2.24, 2.45) is 4.99 Å². The van der Waals surface area contributed by atoms with Crippen LogP contribution in [0.3, 0.4) is 0 Å². The second-order valence-electron chi connectivity index (χ2n) is 9.03. The van der Waals surface area contributed by atoms with E-state index in [2.05, 4.69) is 32.3 Å². The molecule has 2 rings (SSSR count). The number of benzene rings is 1. The van der Waals surface area contributed by atoms with E-state index in [4.69, 9.17) is 0 Å². The molecule has 1 saturated heterocycles. The number of hydrogen-bond donors (Lipinski definition) is 2. The molecule has 0 saturated carbocycles. The average molecular weight is 563 g/mol. The lowest BCUT2D eigenvalue weighted by Crippen LogP contribution is -2.48. The molecule has 0 atom stereocenters. The zero-order valence-corrected chi connectivity index (χ0v) is 22.7.